The monoisotopic (exact) mass is 951 g/mol. The van der Waals surface area contributed by atoms with Crippen LogP contribution in [0.1, 0.15) is 92.1 Å². The topological polar surface area (TPSA) is 180 Å². The number of nitrogens with zero attached hydrogens (tertiary/aromatic N) is 5. The van der Waals surface area contributed by atoms with Gasteiger partial charge in [0.05, 0.1) is 50.2 Å². The second-order valence-corrected chi connectivity index (χ2v) is 22.1. The summed E-state index contributed by atoms with van der Waals surface area (Å²) in [5.41, 5.74) is -1.04. The number of amides is 4. The molecule has 360 valence electrons. The number of carbonyl (C=O) groups is 4. The van der Waals surface area contributed by atoms with E-state index in [0.717, 1.165) is 43.5 Å². The minimum absolute atomic E-state index is 0.0399. The smallest absolute Gasteiger partial charge is 0.407 e. The zero-order valence-corrected chi connectivity index (χ0v) is 40.0. The summed E-state index contributed by atoms with van der Waals surface area (Å²) in [7, 11) is -3.94. The Morgan fingerprint density at radius 3 is 2.03 bits per heavy atom. The van der Waals surface area contributed by atoms with Gasteiger partial charge in [-0.15, -0.1) is 0 Å². The Bertz CT molecular complexity index is 2130. The van der Waals surface area contributed by atoms with Crippen molar-refractivity contribution in [2.24, 2.45) is 11.8 Å². The number of hydrogen-bond acceptors (Lipinski definition) is 10. The Kier molecular flexibility index (Phi) is 15.6. The minimum atomic E-state index is -3.94. The summed E-state index contributed by atoms with van der Waals surface area (Å²) in [5, 5.41) is 8.52. The molecule has 0 radical (unpaired) electrons. The summed E-state index contributed by atoms with van der Waals surface area (Å²) >= 11 is 6.35. The molecular weight excluding hydrogens is 886 g/mol. The van der Waals surface area contributed by atoms with Gasteiger partial charge in [0, 0.05) is 75.1 Å². The van der Waals surface area contributed by atoms with Gasteiger partial charge in [0.2, 0.25) is 21.8 Å². The van der Waals surface area contributed by atoms with Crippen LogP contribution in [0.2, 0.25) is 5.15 Å². The zero-order chi connectivity index (χ0) is 47.4. The number of hydrogen-bond donors (Lipinski definition) is 3. The van der Waals surface area contributed by atoms with E-state index >= 15 is 8.78 Å². The predicted molar refractivity (Wildman–Crippen MR) is 242 cm³/mol. The summed E-state index contributed by atoms with van der Waals surface area (Å²) < 4.78 is 72.6. The number of anilines is 2. The van der Waals surface area contributed by atoms with Crippen molar-refractivity contribution < 1.29 is 50.3 Å². The zero-order valence-electron chi connectivity index (χ0n) is 38.5. The van der Waals surface area contributed by atoms with Gasteiger partial charge in [-0.3, -0.25) is 9.59 Å². The van der Waals surface area contributed by atoms with E-state index in [-0.39, 0.29) is 91.1 Å². The maximum atomic E-state index is 16.3. The first-order chi connectivity index (χ1) is 30.4. The Hall–Kier alpha value is -4.33. The molecular formula is C45H66ClF2N8O8S+. The number of benzene rings is 1. The van der Waals surface area contributed by atoms with E-state index in [1.807, 2.05) is 20.8 Å². The highest BCUT2D eigenvalue weighted by Gasteiger charge is 2.45. The van der Waals surface area contributed by atoms with Gasteiger partial charge in [0.1, 0.15) is 22.2 Å². The van der Waals surface area contributed by atoms with Crippen molar-refractivity contribution in [1.29, 1.82) is 0 Å². The molecule has 4 amide bonds. The van der Waals surface area contributed by atoms with E-state index < -0.39 is 51.3 Å². The summed E-state index contributed by atoms with van der Waals surface area (Å²) in [6.07, 6.45) is 2.15. The molecule has 3 saturated heterocycles. The van der Waals surface area contributed by atoms with E-state index in [9.17, 15) is 27.6 Å². The molecule has 0 unspecified atom stereocenters. The first-order valence-corrected chi connectivity index (χ1v) is 24.6. The van der Waals surface area contributed by atoms with Gasteiger partial charge >= 0.3 is 12.2 Å². The fourth-order valence-electron chi connectivity index (χ4n) is 9.26. The number of likely N-dealkylation sites (tertiary alicyclic amines) is 1. The van der Waals surface area contributed by atoms with Crippen molar-refractivity contribution in [3.05, 3.63) is 47.1 Å². The van der Waals surface area contributed by atoms with Crippen molar-refractivity contribution in [1.82, 2.24) is 25.2 Å². The van der Waals surface area contributed by atoms with Gasteiger partial charge in [0.25, 0.3) is 5.92 Å². The third kappa shape index (κ3) is 13.2. The van der Waals surface area contributed by atoms with Crippen molar-refractivity contribution in [2.45, 2.75) is 115 Å². The van der Waals surface area contributed by atoms with Crippen LogP contribution in [0.3, 0.4) is 0 Å². The number of aromatic nitrogens is 1. The lowest BCUT2D eigenvalue weighted by Crippen LogP contribution is -2.53. The molecule has 1 aromatic heterocycles. The molecule has 3 N–H and O–H groups in total. The predicted octanol–water partition coefficient (Wildman–Crippen LogP) is 6.03. The third-order valence-electron chi connectivity index (χ3n) is 12.6. The van der Waals surface area contributed by atoms with E-state index in [2.05, 4.69) is 20.9 Å². The Morgan fingerprint density at radius 1 is 0.846 bits per heavy atom. The molecule has 4 heterocycles. The summed E-state index contributed by atoms with van der Waals surface area (Å²) in [6, 6.07) is 8.04. The number of pyridine rings is 1. The summed E-state index contributed by atoms with van der Waals surface area (Å²) in [6.45, 7) is 15.7. The van der Waals surface area contributed by atoms with Crippen LogP contribution < -0.4 is 25.8 Å². The second-order valence-electron chi connectivity index (χ2n) is 19.8. The number of alkyl carbamates (subject to hydrolysis) is 2. The normalized spacial score (nSPS) is 22.1. The maximum absolute atomic E-state index is 16.3. The van der Waals surface area contributed by atoms with E-state index in [0.29, 0.717) is 31.6 Å². The molecule has 0 spiro atoms. The fourth-order valence-corrected chi connectivity index (χ4v) is 10.9. The van der Waals surface area contributed by atoms with Crippen LogP contribution in [0.25, 0.3) is 0 Å². The quantitative estimate of drug-likeness (QED) is 0.150. The molecule has 65 heavy (non-hydrogen) atoms. The molecule has 1 aliphatic carbocycles. The standard InChI is InChI=1S/C45H65ClF2N8O8S/c1-43(2,3)63-41(59)50-18-26-56(23-7-8-24-56)25-17-49-40(58)31-9-11-32(12-10-31)45(47,48)33-27-37(46)52-38(28-33)53-19-21-54(22-20-53)65(61,62)36-15-13-35(14-16-36)55-30-34(29-39(55)57)51-42(60)64-44(4,5)6/h13-16,27-28,31-32,34H,7-12,17-26,29-30H2,1-6H3,(H2-,49,50,51,58,59,60)/p+1/t31-,32-,34-/m1/s1. The Balaban J connectivity index is 0.970. The summed E-state index contributed by atoms with van der Waals surface area (Å²) in [5.74, 6) is -4.71. The fraction of sp³-hybridized carbons (Fsp3) is 0.667. The highest BCUT2D eigenvalue weighted by molar-refractivity contribution is 7.89. The number of halogens is 3. The molecule has 2 aromatic rings. The van der Waals surface area contributed by atoms with Crippen LogP contribution >= 0.6 is 11.6 Å². The number of sulfonamides is 1. The third-order valence-corrected chi connectivity index (χ3v) is 14.7. The number of rotatable bonds is 14. The molecule has 0 bridgehead atoms. The molecule has 1 atom stereocenters. The number of carbonyl (C=O) groups excluding carboxylic acids is 4. The van der Waals surface area contributed by atoms with Gasteiger partial charge in [-0.1, -0.05) is 11.6 Å². The van der Waals surface area contributed by atoms with Crippen molar-refractivity contribution in [2.75, 3.05) is 81.8 Å². The molecule has 1 aromatic carbocycles. The molecule has 3 aliphatic heterocycles. The average Bonchev–Trinajstić information content (AvgIpc) is 3.85. The van der Waals surface area contributed by atoms with E-state index in [1.165, 1.54) is 33.5 Å². The first kappa shape index (κ1) is 50.1. The number of piperazine rings is 1. The highest BCUT2D eigenvalue weighted by Crippen LogP contribution is 2.46. The van der Waals surface area contributed by atoms with Crippen molar-refractivity contribution >= 4 is 57.1 Å². The Labute approximate surface area is 386 Å². The van der Waals surface area contributed by atoms with Gasteiger partial charge in [-0.25, -0.2) is 31.8 Å². The van der Waals surface area contributed by atoms with Crippen LogP contribution in [-0.4, -0.2) is 135 Å². The van der Waals surface area contributed by atoms with Gasteiger partial charge < -0.3 is 39.7 Å². The van der Waals surface area contributed by atoms with Gasteiger partial charge in [-0.2, -0.15) is 4.31 Å². The molecule has 4 fully saturated rings. The minimum Gasteiger partial charge on any atom is -0.444 e. The van der Waals surface area contributed by atoms with Gasteiger partial charge in [-0.05, 0) is 104 Å². The van der Waals surface area contributed by atoms with E-state index in [1.54, 1.807) is 37.8 Å². The van der Waals surface area contributed by atoms with Gasteiger partial charge in [0.15, 0.2) is 0 Å². The van der Waals surface area contributed by atoms with Crippen LogP contribution in [0.15, 0.2) is 41.3 Å². The molecule has 6 rings (SSSR count). The molecule has 1 saturated carbocycles. The maximum Gasteiger partial charge on any atom is 0.407 e. The highest BCUT2D eigenvalue weighted by atomic mass is 35.5. The second kappa shape index (κ2) is 20.3. The SMILES string of the molecule is CC(C)(C)OC(=O)NCC[N+]1(CCNC(=O)[C@H]2CC[C@H](C(F)(F)c3cc(Cl)nc(N4CCN(S(=O)(=O)c5ccc(N6C[C@H](NC(=O)OC(C)(C)C)CC6=O)cc5)CC4)c3)CC2)CCCC1. The number of ether oxygens (including phenoxy) is 2. The van der Waals surface area contributed by atoms with Crippen LogP contribution in [-0.2, 0) is 35.0 Å². The number of alkyl halides is 2. The average molecular weight is 953 g/mol. The first-order valence-electron chi connectivity index (χ1n) is 22.7. The summed E-state index contributed by atoms with van der Waals surface area (Å²) in [4.78, 5) is 58.0. The lowest BCUT2D eigenvalue weighted by atomic mass is 9.77. The molecule has 16 nitrogen and oxygen atoms in total. The van der Waals surface area contributed by atoms with Crippen LogP contribution in [0.5, 0.6) is 0 Å². The number of quaternary nitrogens is 1. The lowest BCUT2D eigenvalue weighted by molar-refractivity contribution is -0.914. The van der Waals surface area contributed by atoms with Crippen LogP contribution in [0, 0.1) is 11.8 Å². The largest absolute Gasteiger partial charge is 0.444 e. The van der Waals surface area contributed by atoms with Crippen molar-refractivity contribution in [3.8, 4) is 0 Å². The Morgan fingerprint density at radius 2 is 1.43 bits per heavy atom. The van der Waals surface area contributed by atoms with E-state index in [4.69, 9.17) is 21.1 Å². The molecule has 4 aliphatic rings. The lowest BCUT2D eigenvalue weighted by Gasteiger charge is -2.36. The number of nitrogens with one attached hydrogen (secondary N) is 3. The molecule has 20 heteroatoms. The van der Waals surface area contributed by atoms with Crippen LogP contribution in [0.4, 0.5) is 29.9 Å². The van der Waals surface area contributed by atoms with Crippen molar-refractivity contribution in [3.63, 3.8) is 0 Å².